The third-order valence-corrected chi connectivity index (χ3v) is 5.95. The Balaban J connectivity index is 1.65. The Kier molecular flexibility index (Phi) is 4.03. The molecule has 21 heavy (non-hydrogen) atoms. The fourth-order valence-corrected chi connectivity index (χ4v) is 4.36. The molecule has 1 aliphatic heterocycles. The topological polar surface area (TPSA) is 62.7 Å². The highest BCUT2D eigenvalue weighted by molar-refractivity contribution is 7.11. The maximum atomic E-state index is 12.5. The molecule has 2 aliphatic rings. The van der Waals surface area contributed by atoms with E-state index < -0.39 is 0 Å². The van der Waals surface area contributed by atoms with E-state index in [4.69, 9.17) is 4.74 Å². The van der Waals surface area contributed by atoms with E-state index in [0.29, 0.717) is 19.7 Å². The quantitative estimate of drug-likeness (QED) is 0.925. The SMILES string of the molecule is CCO[C@@H]1C[C@@H](O)C12CCN(C(=O)c1scnc1C)CC2. The van der Waals surface area contributed by atoms with Gasteiger partial charge in [-0.3, -0.25) is 4.79 Å². The molecule has 3 rings (SSSR count). The largest absolute Gasteiger partial charge is 0.392 e. The number of likely N-dealkylation sites (tertiary alicyclic amines) is 1. The minimum absolute atomic E-state index is 0.0756. The van der Waals surface area contributed by atoms with Crippen LogP contribution >= 0.6 is 11.3 Å². The second-order valence-corrected chi connectivity index (χ2v) is 6.84. The van der Waals surface area contributed by atoms with Crippen LogP contribution in [-0.2, 0) is 4.74 Å². The number of carbonyl (C=O) groups is 1. The monoisotopic (exact) mass is 310 g/mol. The molecular weight excluding hydrogens is 288 g/mol. The first-order valence-corrected chi connectivity index (χ1v) is 8.45. The first kappa shape index (κ1) is 14.9. The van der Waals surface area contributed by atoms with Crippen LogP contribution in [0.5, 0.6) is 0 Å². The molecule has 2 heterocycles. The van der Waals surface area contributed by atoms with Gasteiger partial charge in [0, 0.05) is 31.5 Å². The van der Waals surface area contributed by atoms with Crippen molar-refractivity contribution in [3.8, 4) is 0 Å². The van der Waals surface area contributed by atoms with Crippen LogP contribution in [0.4, 0.5) is 0 Å². The number of carbonyl (C=O) groups excluding carboxylic acids is 1. The number of thiazole rings is 1. The molecule has 116 valence electrons. The lowest BCUT2D eigenvalue weighted by Gasteiger charge is -2.56. The van der Waals surface area contributed by atoms with Gasteiger partial charge in [-0.2, -0.15) is 0 Å². The minimum atomic E-state index is -0.281. The van der Waals surface area contributed by atoms with E-state index in [0.717, 1.165) is 29.8 Å². The predicted octanol–water partition coefficient (Wildman–Crippen LogP) is 1.84. The van der Waals surface area contributed by atoms with Crippen LogP contribution in [0.25, 0.3) is 0 Å². The van der Waals surface area contributed by atoms with Crippen molar-refractivity contribution in [3.63, 3.8) is 0 Å². The molecule has 0 radical (unpaired) electrons. The number of hydrogen-bond acceptors (Lipinski definition) is 5. The standard InChI is InChI=1S/C15H22N2O3S/c1-3-20-12-8-11(18)15(12)4-6-17(7-5-15)14(19)13-10(2)16-9-21-13/h9,11-12,18H,3-8H2,1-2H3/t11-,12-/m1/s1. The highest BCUT2D eigenvalue weighted by Gasteiger charge is 2.56. The maximum Gasteiger partial charge on any atom is 0.265 e. The van der Waals surface area contributed by atoms with Crippen LogP contribution in [0.1, 0.15) is 41.6 Å². The number of aryl methyl sites for hydroxylation is 1. The zero-order valence-corrected chi connectivity index (χ0v) is 13.4. The van der Waals surface area contributed by atoms with Crippen LogP contribution in [0.2, 0.25) is 0 Å². The third kappa shape index (κ3) is 2.39. The van der Waals surface area contributed by atoms with Crippen LogP contribution in [0.3, 0.4) is 0 Å². The second-order valence-electron chi connectivity index (χ2n) is 5.99. The molecule has 1 amide bonds. The van der Waals surface area contributed by atoms with E-state index >= 15 is 0 Å². The Morgan fingerprint density at radius 2 is 2.29 bits per heavy atom. The van der Waals surface area contributed by atoms with Gasteiger partial charge in [0.05, 0.1) is 23.4 Å². The molecule has 1 spiro atoms. The average Bonchev–Trinajstić information content (AvgIpc) is 2.92. The predicted molar refractivity (Wildman–Crippen MR) is 80.5 cm³/mol. The van der Waals surface area contributed by atoms with Gasteiger partial charge < -0.3 is 14.7 Å². The van der Waals surface area contributed by atoms with Gasteiger partial charge in [0.15, 0.2) is 0 Å². The molecule has 5 nitrogen and oxygen atoms in total. The average molecular weight is 310 g/mol. The van der Waals surface area contributed by atoms with Crippen molar-refractivity contribution < 1.29 is 14.6 Å². The summed E-state index contributed by atoms with van der Waals surface area (Å²) in [6, 6.07) is 0. The third-order valence-electron chi connectivity index (χ3n) is 5.03. The minimum Gasteiger partial charge on any atom is -0.392 e. The number of aliphatic hydroxyl groups is 1. The molecule has 2 atom stereocenters. The number of nitrogens with zero attached hydrogens (tertiary/aromatic N) is 2. The summed E-state index contributed by atoms with van der Waals surface area (Å²) in [6.07, 6.45) is 2.25. The Hall–Kier alpha value is -0.980. The van der Waals surface area contributed by atoms with Gasteiger partial charge >= 0.3 is 0 Å². The summed E-state index contributed by atoms with van der Waals surface area (Å²) in [5.74, 6) is 0.0756. The smallest absolute Gasteiger partial charge is 0.265 e. The molecular formula is C15H22N2O3S. The van der Waals surface area contributed by atoms with E-state index in [1.165, 1.54) is 11.3 Å². The van der Waals surface area contributed by atoms with Gasteiger partial charge in [0.1, 0.15) is 4.88 Å². The maximum absolute atomic E-state index is 12.5. The molecule has 0 aromatic carbocycles. The van der Waals surface area contributed by atoms with E-state index in [2.05, 4.69) is 4.98 Å². The van der Waals surface area contributed by atoms with Crippen molar-refractivity contribution in [1.82, 2.24) is 9.88 Å². The number of aromatic nitrogens is 1. The van der Waals surface area contributed by atoms with Crippen molar-refractivity contribution in [2.75, 3.05) is 19.7 Å². The summed E-state index contributed by atoms with van der Waals surface area (Å²) >= 11 is 1.40. The summed E-state index contributed by atoms with van der Waals surface area (Å²) in [7, 11) is 0. The lowest BCUT2D eigenvalue weighted by atomic mass is 9.58. The van der Waals surface area contributed by atoms with Crippen molar-refractivity contribution in [1.29, 1.82) is 0 Å². The molecule has 6 heteroatoms. The van der Waals surface area contributed by atoms with E-state index in [-0.39, 0.29) is 23.5 Å². The Morgan fingerprint density at radius 3 is 2.81 bits per heavy atom. The molecule has 0 bridgehead atoms. The zero-order valence-electron chi connectivity index (χ0n) is 12.5. The lowest BCUT2D eigenvalue weighted by molar-refractivity contribution is -0.207. The van der Waals surface area contributed by atoms with E-state index in [1.54, 1.807) is 5.51 Å². The fourth-order valence-electron chi connectivity index (χ4n) is 3.59. The number of aliphatic hydroxyl groups excluding tert-OH is 1. The van der Waals surface area contributed by atoms with Gasteiger partial charge in [-0.05, 0) is 26.7 Å². The Bertz CT molecular complexity index is 521. The van der Waals surface area contributed by atoms with Crippen LogP contribution in [0.15, 0.2) is 5.51 Å². The lowest BCUT2D eigenvalue weighted by Crippen LogP contribution is -2.62. The normalized spacial score (nSPS) is 27.7. The van der Waals surface area contributed by atoms with Crippen LogP contribution in [0, 0.1) is 12.3 Å². The summed E-state index contributed by atoms with van der Waals surface area (Å²) < 4.78 is 5.76. The summed E-state index contributed by atoms with van der Waals surface area (Å²) in [5.41, 5.74) is 2.39. The first-order valence-electron chi connectivity index (χ1n) is 7.57. The number of piperidine rings is 1. The molecule has 2 fully saturated rings. The molecule has 1 aromatic rings. The van der Waals surface area contributed by atoms with Crippen molar-refractivity contribution >= 4 is 17.2 Å². The number of ether oxygens (including phenoxy) is 1. The van der Waals surface area contributed by atoms with Crippen molar-refractivity contribution in [3.05, 3.63) is 16.1 Å². The summed E-state index contributed by atoms with van der Waals surface area (Å²) in [6.45, 7) is 5.93. The summed E-state index contributed by atoms with van der Waals surface area (Å²) in [5, 5.41) is 10.2. The summed E-state index contributed by atoms with van der Waals surface area (Å²) in [4.78, 5) is 19.3. The van der Waals surface area contributed by atoms with Crippen molar-refractivity contribution in [2.24, 2.45) is 5.41 Å². The van der Waals surface area contributed by atoms with Gasteiger partial charge in [0.25, 0.3) is 5.91 Å². The molecule has 1 aromatic heterocycles. The van der Waals surface area contributed by atoms with E-state index in [9.17, 15) is 9.90 Å². The number of hydrogen-bond donors (Lipinski definition) is 1. The fraction of sp³-hybridized carbons (Fsp3) is 0.733. The zero-order chi connectivity index (χ0) is 15.0. The number of amides is 1. The van der Waals surface area contributed by atoms with Gasteiger partial charge in [-0.25, -0.2) is 4.98 Å². The van der Waals surface area contributed by atoms with Crippen LogP contribution < -0.4 is 0 Å². The van der Waals surface area contributed by atoms with Gasteiger partial charge in [0.2, 0.25) is 0 Å². The highest BCUT2D eigenvalue weighted by Crippen LogP contribution is 2.51. The van der Waals surface area contributed by atoms with Gasteiger partial charge in [-0.15, -0.1) is 11.3 Å². The highest BCUT2D eigenvalue weighted by atomic mass is 32.1. The molecule has 1 N–H and O–H groups in total. The molecule has 1 aliphatic carbocycles. The Morgan fingerprint density at radius 1 is 1.57 bits per heavy atom. The number of rotatable bonds is 3. The second kappa shape index (κ2) is 5.66. The first-order chi connectivity index (χ1) is 10.1. The van der Waals surface area contributed by atoms with E-state index in [1.807, 2.05) is 18.7 Å². The van der Waals surface area contributed by atoms with Gasteiger partial charge in [-0.1, -0.05) is 0 Å². The molecule has 1 saturated carbocycles. The molecule has 1 saturated heterocycles. The van der Waals surface area contributed by atoms with Crippen molar-refractivity contribution in [2.45, 2.75) is 45.3 Å². The Labute approximate surface area is 128 Å². The molecule has 0 unspecified atom stereocenters. The van der Waals surface area contributed by atoms with Crippen LogP contribution in [-0.4, -0.2) is 52.8 Å².